The topological polar surface area (TPSA) is 73.8 Å². The van der Waals surface area contributed by atoms with Crippen LogP contribution in [0, 0.1) is 0 Å². The van der Waals surface area contributed by atoms with Crippen LogP contribution in [0.2, 0.25) is 0 Å². The number of sulfonamides is 1. The number of thiophene rings is 1. The summed E-state index contributed by atoms with van der Waals surface area (Å²) in [5, 5.41) is 8.57. The molecule has 0 aliphatic rings. The Morgan fingerprint density at radius 2 is 1.85 bits per heavy atom. The first-order valence-corrected chi connectivity index (χ1v) is 10.2. The Labute approximate surface area is 176 Å². The van der Waals surface area contributed by atoms with E-state index in [0.29, 0.717) is 11.4 Å². The largest absolute Gasteiger partial charge is 0.356 e. The normalized spacial score (nSPS) is 11.9. The van der Waals surface area contributed by atoms with Gasteiger partial charge in [0.2, 0.25) is 10.0 Å². The lowest BCUT2D eigenvalue weighted by atomic mass is 10.2. The SMILES string of the molecule is CN=C(NCCc1cccs1)NCc1ccc(S(=O)(=O)N(C)C)cc1.I. The lowest BCUT2D eigenvalue weighted by Gasteiger charge is -2.13. The number of hydrogen-bond acceptors (Lipinski definition) is 4. The summed E-state index contributed by atoms with van der Waals surface area (Å²) in [6.45, 7) is 1.38. The quantitative estimate of drug-likeness (QED) is 0.343. The first-order chi connectivity index (χ1) is 11.9. The summed E-state index contributed by atoms with van der Waals surface area (Å²) in [4.78, 5) is 5.82. The van der Waals surface area contributed by atoms with Crippen LogP contribution in [0.15, 0.2) is 51.7 Å². The van der Waals surface area contributed by atoms with Gasteiger partial charge in [0.15, 0.2) is 5.96 Å². The van der Waals surface area contributed by atoms with Crippen LogP contribution in [0.4, 0.5) is 0 Å². The van der Waals surface area contributed by atoms with Gasteiger partial charge in [-0.15, -0.1) is 35.3 Å². The van der Waals surface area contributed by atoms with Crippen LogP contribution >= 0.6 is 35.3 Å². The van der Waals surface area contributed by atoms with Crippen molar-refractivity contribution in [2.45, 2.75) is 17.9 Å². The van der Waals surface area contributed by atoms with E-state index < -0.39 is 10.0 Å². The van der Waals surface area contributed by atoms with E-state index in [2.05, 4.69) is 27.1 Å². The zero-order valence-corrected chi connectivity index (χ0v) is 19.1. The van der Waals surface area contributed by atoms with Gasteiger partial charge in [-0.1, -0.05) is 18.2 Å². The lowest BCUT2D eigenvalue weighted by Crippen LogP contribution is -2.37. The van der Waals surface area contributed by atoms with Gasteiger partial charge in [0.1, 0.15) is 0 Å². The summed E-state index contributed by atoms with van der Waals surface area (Å²) in [5.74, 6) is 0.724. The average Bonchev–Trinajstić information content (AvgIpc) is 3.11. The van der Waals surface area contributed by atoms with Crippen LogP contribution in [0.5, 0.6) is 0 Å². The number of benzene rings is 1. The van der Waals surface area contributed by atoms with E-state index in [-0.39, 0.29) is 24.0 Å². The van der Waals surface area contributed by atoms with Crippen molar-refractivity contribution < 1.29 is 8.42 Å². The van der Waals surface area contributed by atoms with Crippen LogP contribution < -0.4 is 10.6 Å². The zero-order valence-electron chi connectivity index (χ0n) is 15.1. The molecule has 0 atom stereocenters. The predicted molar refractivity (Wildman–Crippen MR) is 119 cm³/mol. The molecule has 1 heterocycles. The van der Waals surface area contributed by atoms with Crippen molar-refractivity contribution in [3.05, 3.63) is 52.2 Å². The Bertz CT molecular complexity index is 789. The van der Waals surface area contributed by atoms with E-state index in [0.717, 1.165) is 24.5 Å². The van der Waals surface area contributed by atoms with Gasteiger partial charge in [-0.05, 0) is 35.6 Å². The fraction of sp³-hybridized carbons (Fsp3) is 0.353. The molecular weight excluding hydrogens is 483 g/mol. The Kier molecular flexibility index (Phi) is 9.55. The Morgan fingerprint density at radius 1 is 1.15 bits per heavy atom. The molecule has 26 heavy (non-hydrogen) atoms. The number of nitrogens with one attached hydrogen (secondary N) is 2. The number of guanidine groups is 1. The molecule has 0 aliphatic carbocycles. The van der Waals surface area contributed by atoms with Crippen molar-refractivity contribution in [3.8, 4) is 0 Å². The minimum absolute atomic E-state index is 0. The van der Waals surface area contributed by atoms with Crippen molar-refractivity contribution >= 4 is 51.3 Å². The number of aliphatic imine (C=N–C) groups is 1. The predicted octanol–water partition coefficient (Wildman–Crippen LogP) is 2.52. The van der Waals surface area contributed by atoms with Gasteiger partial charge in [-0.25, -0.2) is 12.7 Å². The third-order valence-electron chi connectivity index (χ3n) is 3.63. The second kappa shape index (κ2) is 10.9. The second-order valence-corrected chi connectivity index (χ2v) is 8.80. The van der Waals surface area contributed by atoms with Gasteiger partial charge in [-0.3, -0.25) is 4.99 Å². The standard InChI is InChI=1S/C17H24N4O2S2.HI/c1-18-17(19-11-10-15-5-4-12-24-15)20-13-14-6-8-16(9-7-14)25(22,23)21(2)3;/h4-9,12H,10-11,13H2,1-3H3,(H2,18,19,20);1H. The molecule has 0 radical (unpaired) electrons. The highest BCUT2D eigenvalue weighted by molar-refractivity contribution is 14.0. The molecule has 0 fully saturated rings. The molecule has 6 nitrogen and oxygen atoms in total. The summed E-state index contributed by atoms with van der Waals surface area (Å²) in [7, 11) is 1.39. The summed E-state index contributed by atoms with van der Waals surface area (Å²) in [6.07, 6.45) is 0.954. The molecule has 0 aliphatic heterocycles. The second-order valence-electron chi connectivity index (χ2n) is 5.61. The molecule has 1 aromatic heterocycles. The van der Waals surface area contributed by atoms with Gasteiger partial charge in [0, 0.05) is 39.1 Å². The molecule has 0 saturated heterocycles. The van der Waals surface area contributed by atoms with E-state index in [1.54, 1.807) is 30.5 Å². The molecule has 2 rings (SSSR count). The molecular formula is C17H25IN4O2S2. The fourth-order valence-electron chi connectivity index (χ4n) is 2.16. The van der Waals surface area contributed by atoms with E-state index in [4.69, 9.17) is 0 Å². The first-order valence-electron chi connectivity index (χ1n) is 7.92. The smallest absolute Gasteiger partial charge is 0.242 e. The monoisotopic (exact) mass is 508 g/mol. The molecule has 0 saturated carbocycles. The Morgan fingerprint density at radius 3 is 2.38 bits per heavy atom. The van der Waals surface area contributed by atoms with Gasteiger partial charge in [-0.2, -0.15) is 0 Å². The van der Waals surface area contributed by atoms with E-state index in [1.165, 1.54) is 23.3 Å². The molecule has 0 unspecified atom stereocenters. The number of hydrogen-bond donors (Lipinski definition) is 2. The lowest BCUT2D eigenvalue weighted by molar-refractivity contribution is 0.520. The number of rotatable bonds is 7. The van der Waals surface area contributed by atoms with Gasteiger partial charge in [0.25, 0.3) is 0 Å². The molecule has 1 aromatic carbocycles. The zero-order chi connectivity index (χ0) is 18.3. The molecule has 144 valence electrons. The van der Waals surface area contributed by atoms with Gasteiger partial charge in [0.05, 0.1) is 4.90 Å². The summed E-state index contributed by atoms with van der Waals surface area (Å²) in [5.41, 5.74) is 0.985. The summed E-state index contributed by atoms with van der Waals surface area (Å²) in [6, 6.07) is 11.0. The molecule has 2 N–H and O–H groups in total. The molecule has 2 aromatic rings. The molecule has 9 heteroatoms. The van der Waals surface area contributed by atoms with Gasteiger partial charge >= 0.3 is 0 Å². The van der Waals surface area contributed by atoms with Crippen molar-refractivity contribution in [1.82, 2.24) is 14.9 Å². The van der Waals surface area contributed by atoms with E-state index in [1.807, 2.05) is 18.2 Å². The van der Waals surface area contributed by atoms with Crippen molar-refractivity contribution in [3.63, 3.8) is 0 Å². The number of nitrogens with zero attached hydrogens (tertiary/aromatic N) is 2. The van der Waals surface area contributed by atoms with Crippen LogP contribution in [0.1, 0.15) is 10.4 Å². The fourth-order valence-corrected chi connectivity index (χ4v) is 3.77. The van der Waals surface area contributed by atoms with Crippen LogP contribution in [-0.2, 0) is 23.0 Å². The third-order valence-corrected chi connectivity index (χ3v) is 6.39. The maximum atomic E-state index is 12.1. The maximum absolute atomic E-state index is 12.1. The Hall–Kier alpha value is -1.17. The molecule has 0 amide bonds. The van der Waals surface area contributed by atoms with Crippen LogP contribution in [0.25, 0.3) is 0 Å². The van der Waals surface area contributed by atoms with Crippen molar-refractivity contribution in [2.75, 3.05) is 27.7 Å². The highest BCUT2D eigenvalue weighted by Gasteiger charge is 2.16. The Balaban J connectivity index is 0.00000338. The van der Waals surface area contributed by atoms with E-state index in [9.17, 15) is 8.42 Å². The average molecular weight is 508 g/mol. The van der Waals surface area contributed by atoms with Crippen molar-refractivity contribution in [2.24, 2.45) is 4.99 Å². The molecule has 0 bridgehead atoms. The highest BCUT2D eigenvalue weighted by Crippen LogP contribution is 2.14. The summed E-state index contributed by atoms with van der Waals surface area (Å²) >= 11 is 1.74. The minimum atomic E-state index is -3.39. The minimum Gasteiger partial charge on any atom is -0.356 e. The van der Waals surface area contributed by atoms with E-state index >= 15 is 0 Å². The summed E-state index contributed by atoms with van der Waals surface area (Å²) < 4.78 is 25.3. The van der Waals surface area contributed by atoms with Crippen LogP contribution in [-0.4, -0.2) is 46.4 Å². The van der Waals surface area contributed by atoms with Crippen LogP contribution in [0.3, 0.4) is 0 Å². The number of halogens is 1. The first kappa shape index (κ1) is 22.9. The molecule has 0 spiro atoms. The third kappa shape index (κ3) is 6.53. The van der Waals surface area contributed by atoms with Gasteiger partial charge < -0.3 is 10.6 Å². The highest BCUT2D eigenvalue weighted by atomic mass is 127. The maximum Gasteiger partial charge on any atom is 0.242 e. The van der Waals surface area contributed by atoms with Crippen molar-refractivity contribution in [1.29, 1.82) is 0 Å².